The number of rotatable bonds is 4. The molecule has 4 heteroatoms. The van der Waals surface area contributed by atoms with Gasteiger partial charge in [-0.25, -0.2) is 8.78 Å². The number of aryl methyl sites for hydroxylation is 2. The van der Waals surface area contributed by atoms with Gasteiger partial charge in [0.15, 0.2) is 0 Å². The molecule has 0 radical (unpaired) electrons. The third-order valence-electron chi connectivity index (χ3n) is 3.83. The van der Waals surface area contributed by atoms with Crippen molar-refractivity contribution in [2.75, 3.05) is 6.54 Å². The van der Waals surface area contributed by atoms with Crippen LogP contribution in [0.5, 0.6) is 0 Å². The van der Waals surface area contributed by atoms with E-state index < -0.39 is 23.7 Å². The van der Waals surface area contributed by atoms with Crippen LogP contribution in [0.15, 0.2) is 36.4 Å². The van der Waals surface area contributed by atoms with Gasteiger partial charge in [-0.3, -0.25) is 0 Å². The zero-order valence-corrected chi connectivity index (χ0v) is 12.1. The number of benzene rings is 2. The minimum atomic E-state index is -0.934. The highest BCUT2D eigenvalue weighted by Crippen LogP contribution is 2.34. The number of nitrogens with two attached hydrogens (primary N) is 1. The van der Waals surface area contributed by atoms with Crippen LogP contribution in [0.1, 0.15) is 34.3 Å². The molecule has 2 rings (SSSR count). The Morgan fingerprint density at radius 3 is 2.24 bits per heavy atom. The van der Waals surface area contributed by atoms with Crippen LogP contribution >= 0.6 is 0 Å². The average Bonchev–Trinajstić information content (AvgIpc) is 2.41. The van der Waals surface area contributed by atoms with Crippen molar-refractivity contribution < 1.29 is 13.9 Å². The molecule has 2 unspecified atom stereocenters. The molecule has 2 aromatic rings. The molecule has 0 spiro atoms. The molecule has 0 aliphatic carbocycles. The van der Waals surface area contributed by atoms with E-state index >= 15 is 0 Å². The molecule has 0 amide bonds. The summed E-state index contributed by atoms with van der Waals surface area (Å²) >= 11 is 0. The maximum absolute atomic E-state index is 14.0. The summed E-state index contributed by atoms with van der Waals surface area (Å²) in [4.78, 5) is 0. The fourth-order valence-corrected chi connectivity index (χ4v) is 2.72. The molecule has 0 heterocycles. The summed E-state index contributed by atoms with van der Waals surface area (Å²) in [6.45, 7) is 3.85. The van der Waals surface area contributed by atoms with Gasteiger partial charge in [-0.2, -0.15) is 0 Å². The van der Waals surface area contributed by atoms with E-state index in [0.29, 0.717) is 0 Å². The fourth-order valence-electron chi connectivity index (χ4n) is 2.72. The molecule has 0 fully saturated rings. The van der Waals surface area contributed by atoms with Crippen LogP contribution in [-0.4, -0.2) is 11.7 Å². The Hall–Kier alpha value is -1.78. The molecule has 3 N–H and O–H groups in total. The summed E-state index contributed by atoms with van der Waals surface area (Å²) in [5, 5.41) is 10.6. The molecule has 0 aromatic heterocycles. The lowest BCUT2D eigenvalue weighted by molar-refractivity contribution is 0.144. The van der Waals surface area contributed by atoms with E-state index in [4.69, 9.17) is 5.73 Å². The maximum Gasteiger partial charge on any atom is 0.129 e. The minimum Gasteiger partial charge on any atom is -0.388 e. The van der Waals surface area contributed by atoms with Crippen LogP contribution in [0, 0.1) is 25.5 Å². The predicted molar refractivity (Wildman–Crippen MR) is 79.0 cm³/mol. The second-order valence-corrected chi connectivity index (χ2v) is 5.26. The largest absolute Gasteiger partial charge is 0.388 e. The summed E-state index contributed by atoms with van der Waals surface area (Å²) in [6, 6.07) is 9.02. The maximum atomic E-state index is 14.0. The number of hydrogen-bond acceptors (Lipinski definition) is 2. The van der Waals surface area contributed by atoms with E-state index in [1.807, 2.05) is 32.0 Å². The van der Waals surface area contributed by atoms with Gasteiger partial charge >= 0.3 is 0 Å². The molecule has 0 saturated heterocycles. The quantitative estimate of drug-likeness (QED) is 0.907. The van der Waals surface area contributed by atoms with Gasteiger partial charge in [0.1, 0.15) is 11.6 Å². The molecule has 0 saturated carbocycles. The van der Waals surface area contributed by atoms with Crippen LogP contribution in [0.3, 0.4) is 0 Å². The molecular weight excluding hydrogens is 272 g/mol. The first-order valence-corrected chi connectivity index (χ1v) is 6.85. The smallest absolute Gasteiger partial charge is 0.129 e. The fraction of sp³-hybridized carbons (Fsp3) is 0.294. The van der Waals surface area contributed by atoms with Crippen LogP contribution in [0.25, 0.3) is 0 Å². The Balaban J connectivity index is 2.46. The van der Waals surface area contributed by atoms with Crippen molar-refractivity contribution in [2.45, 2.75) is 25.9 Å². The Labute approximate surface area is 123 Å². The highest BCUT2D eigenvalue weighted by atomic mass is 19.1. The van der Waals surface area contributed by atoms with E-state index in [9.17, 15) is 13.9 Å². The predicted octanol–water partition coefficient (Wildman–Crippen LogP) is 3.36. The molecule has 21 heavy (non-hydrogen) atoms. The monoisotopic (exact) mass is 291 g/mol. The van der Waals surface area contributed by atoms with E-state index in [-0.39, 0.29) is 12.1 Å². The zero-order valence-electron chi connectivity index (χ0n) is 12.1. The van der Waals surface area contributed by atoms with Crippen molar-refractivity contribution in [3.05, 3.63) is 70.3 Å². The molecule has 112 valence electrons. The summed E-state index contributed by atoms with van der Waals surface area (Å²) in [5.41, 5.74) is 8.55. The van der Waals surface area contributed by atoms with Crippen LogP contribution < -0.4 is 5.73 Å². The summed E-state index contributed by atoms with van der Waals surface area (Å²) in [7, 11) is 0. The van der Waals surface area contributed by atoms with E-state index in [1.54, 1.807) is 0 Å². The molecule has 2 atom stereocenters. The summed E-state index contributed by atoms with van der Waals surface area (Å²) < 4.78 is 27.0. The van der Waals surface area contributed by atoms with Gasteiger partial charge in [0.25, 0.3) is 0 Å². The number of aliphatic hydroxyl groups excluding tert-OH is 1. The highest BCUT2D eigenvalue weighted by molar-refractivity contribution is 5.38. The van der Waals surface area contributed by atoms with Crippen LogP contribution in [0.2, 0.25) is 0 Å². The lowest BCUT2D eigenvalue weighted by atomic mass is 9.85. The first kappa shape index (κ1) is 15.6. The summed E-state index contributed by atoms with van der Waals surface area (Å²) in [6.07, 6.45) is -0.934. The molecule has 2 nitrogen and oxygen atoms in total. The van der Waals surface area contributed by atoms with E-state index in [2.05, 4.69) is 0 Å². The molecule has 0 aliphatic heterocycles. The normalized spacial score (nSPS) is 14.0. The number of hydrogen-bond donors (Lipinski definition) is 2. The first-order chi connectivity index (χ1) is 9.95. The molecule has 2 aromatic carbocycles. The van der Waals surface area contributed by atoms with Crippen molar-refractivity contribution in [3.8, 4) is 0 Å². The van der Waals surface area contributed by atoms with Crippen molar-refractivity contribution >= 4 is 0 Å². The number of aliphatic hydroxyl groups is 1. The lowest BCUT2D eigenvalue weighted by Crippen LogP contribution is -2.22. The molecular formula is C17H19F2NO. The Morgan fingerprint density at radius 1 is 1.10 bits per heavy atom. The van der Waals surface area contributed by atoms with Gasteiger partial charge in [-0.15, -0.1) is 0 Å². The standard InChI is InChI=1S/C17H19F2NO/c1-10-4-3-5-11(2)16(10)17(21)14(9-20)13-7-6-12(18)8-15(13)19/h3-8,14,17,21H,9,20H2,1-2H3. The molecule has 0 aliphatic rings. The van der Waals surface area contributed by atoms with Crippen molar-refractivity contribution in [2.24, 2.45) is 5.73 Å². The Morgan fingerprint density at radius 2 is 1.71 bits per heavy atom. The van der Waals surface area contributed by atoms with Gasteiger partial charge in [-0.1, -0.05) is 24.3 Å². The summed E-state index contributed by atoms with van der Waals surface area (Å²) in [5.74, 6) is -1.95. The van der Waals surface area contributed by atoms with Crippen molar-refractivity contribution in [1.82, 2.24) is 0 Å². The number of halogens is 2. The lowest BCUT2D eigenvalue weighted by Gasteiger charge is -2.25. The van der Waals surface area contributed by atoms with Crippen molar-refractivity contribution in [3.63, 3.8) is 0 Å². The Bertz CT molecular complexity index is 622. The van der Waals surface area contributed by atoms with Gasteiger partial charge in [0.2, 0.25) is 0 Å². The van der Waals surface area contributed by atoms with Gasteiger partial charge < -0.3 is 10.8 Å². The SMILES string of the molecule is Cc1cccc(C)c1C(O)C(CN)c1ccc(F)cc1F. The minimum absolute atomic E-state index is 0.0670. The van der Waals surface area contributed by atoms with Gasteiger partial charge in [0, 0.05) is 18.5 Å². The van der Waals surface area contributed by atoms with Gasteiger partial charge in [0.05, 0.1) is 6.10 Å². The van der Waals surface area contributed by atoms with Crippen molar-refractivity contribution in [1.29, 1.82) is 0 Å². The highest BCUT2D eigenvalue weighted by Gasteiger charge is 2.26. The third-order valence-corrected chi connectivity index (χ3v) is 3.83. The van der Waals surface area contributed by atoms with Crippen LogP contribution in [0.4, 0.5) is 8.78 Å². The topological polar surface area (TPSA) is 46.2 Å². The van der Waals surface area contributed by atoms with Crippen LogP contribution in [-0.2, 0) is 0 Å². The first-order valence-electron chi connectivity index (χ1n) is 6.85. The van der Waals surface area contributed by atoms with E-state index in [0.717, 1.165) is 22.8 Å². The second-order valence-electron chi connectivity index (χ2n) is 5.26. The van der Waals surface area contributed by atoms with Gasteiger partial charge in [-0.05, 0) is 42.2 Å². The zero-order chi connectivity index (χ0) is 15.6. The van der Waals surface area contributed by atoms with E-state index in [1.165, 1.54) is 12.1 Å². The second kappa shape index (κ2) is 6.33. The Kier molecular flexibility index (Phi) is 4.70. The third kappa shape index (κ3) is 3.12. The molecule has 0 bridgehead atoms. The average molecular weight is 291 g/mol.